The average molecular weight is 370 g/mol. The SMILES string of the molecule is COC(=O)c1ccc(C(=O)NC2CCCN(c3cc(C)ccc3F)C2)cc1. The minimum atomic E-state index is -0.440. The maximum absolute atomic E-state index is 14.2. The van der Waals surface area contributed by atoms with Gasteiger partial charge in [0.25, 0.3) is 5.91 Å². The van der Waals surface area contributed by atoms with E-state index in [0.717, 1.165) is 24.9 Å². The number of hydrogen-bond donors (Lipinski definition) is 1. The molecule has 5 nitrogen and oxygen atoms in total. The maximum Gasteiger partial charge on any atom is 0.337 e. The van der Waals surface area contributed by atoms with E-state index >= 15 is 0 Å². The number of esters is 1. The molecule has 0 aromatic heterocycles. The van der Waals surface area contributed by atoms with Gasteiger partial charge in [0.15, 0.2) is 0 Å². The zero-order chi connectivity index (χ0) is 19.4. The van der Waals surface area contributed by atoms with Crippen molar-refractivity contribution in [3.8, 4) is 0 Å². The van der Waals surface area contributed by atoms with Gasteiger partial charge in [0.1, 0.15) is 5.82 Å². The second-order valence-electron chi connectivity index (χ2n) is 6.78. The highest BCUT2D eigenvalue weighted by molar-refractivity contribution is 5.96. The van der Waals surface area contributed by atoms with E-state index in [2.05, 4.69) is 10.1 Å². The lowest BCUT2D eigenvalue weighted by Gasteiger charge is -2.35. The summed E-state index contributed by atoms with van der Waals surface area (Å²) in [6.45, 7) is 3.26. The monoisotopic (exact) mass is 370 g/mol. The van der Waals surface area contributed by atoms with Crippen LogP contribution in [0.2, 0.25) is 0 Å². The Bertz CT molecular complexity index is 836. The summed E-state index contributed by atoms with van der Waals surface area (Å²) >= 11 is 0. The first-order chi connectivity index (χ1) is 13.0. The summed E-state index contributed by atoms with van der Waals surface area (Å²) in [4.78, 5) is 26.0. The molecule has 3 rings (SSSR count). The number of carbonyl (C=O) groups excluding carboxylic acids is 2. The molecule has 0 radical (unpaired) electrons. The van der Waals surface area contributed by atoms with Crippen LogP contribution in [0.1, 0.15) is 39.1 Å². The summed E-state index contributed by atoms with van der Waals surface area (Å²) in [5, 5.41) is 3.01. The molecule has 2 aromatic rings. The molecule has 1 aliphatic rings. The van der Waals surface area contributed by atoms with Crippen LogP contribution in [-0.2, 0) is 4.74 Å². The van der Waals surface area contributed by atoms with Gasteiger partial charge in [0, 0.05) is 24.7 Å². The van der Waals surface area contributed by atoms with Crippen LogP contribution in [0.15, 0.2) is 42.5 Å². The van der Waals surface area contributed by atoms with Gasteiger partial charge < -0.3 is 15.0 Å². The molecule has 0 bridgehead atoms. The van der Waals surface area contributed by atoms with Crippen molar-refractivity contribution in [1.82, 2.24) is 5.32 Å². The van der Waals surface area contributed by atoms with E-state index in [-0.39, 0.29) is 17.8 Å². The largest absolute Gasteiger partial charge is 0.465 e. The highest BCUT2D eigenvalue weighted by Gasteiger charge is 2.24. The Labute approximate surface area is 158 Å². The molecule has 142 valence electrons. The molecular weight excluding hydrogens is 347 g/mol. The molecular formula is C21H23FN2O3. The molecule has 1 fully saturated rings. The third-order valence-corrected chi connectivity index (χ3v) is 4.77. The van der Waals surface area contributed by atoms with Crippen molar-refractivity contribution in [3.63, 3.8) is 0 Å². The van der Waals surface area contributed by atoms with Gasteiger partial charge in [-0.3, -0.25) is 4.79 Å². The second-order valence-corrected chi connectivity index (χ2v) is 6.78. The van der Waals surface area contributed by atoms with Gasteiger partial charge in [-0.25, -0.2) is 9.18 Å². The van der Waals surface area contributed by atoms with E-state index in [1.165, 1.54) is 13.2 Å². The number of methoxy groups -OCH3 is 1. The fraction of sp³-hybridized carbons (Fsp3) is 0.333. The summed E-state index contributed by atoms with van der Waals surface area (Å²) in [6, 6.07) is 11.3. The topological polar surface area (TPSA) is 58.6 Å². The molecule has 1 heterocycles. The van der Waals surface area contributed by atoms with Gasteiger partial charge in [0.05, 0.1) is 18.4 Å². The Morgan fingerprint density at radius 1 is 1.15 bits per heavy atom. The Hall–Kier alpha value is -2.89. The standard InChI is InChI=1S/C21H23FN2O3/c1-14-5-10-18(22)19(12-14)24-11-3-4-17(13-24)23-20(25)15-6-8-16(9-7-15)21(26)27-2/h5-10,12,17H,3-4,11,13H2,1-2H3,(H,23,25). The van der Waals surface area contributed by atoms with E-state index in [1.54, 1.807) is 30.3 Å². The van der Waals surface area contributed by atoms with Crippen molar-refractivity contribution in [2.45, 2.75) is 25.8 Å². The van der Waals surface area contributed by atoms with Crippen molar-refractivity contribution in [1.29, 1.82) is 0 Å². The first-order valence-electron chi connectivity index (χ1n) is 8.98. The van der Waals surface area contributed by atoms with Crippen molar-refractivity contribution < 1.29 is 18.7 Å². The fourth-order valence-electron chi connectivity index (χ4n) is 3.32. The number of ether oxygens (including phenoxy) is 1. The molecule has 1 N–H and O–H groups in total. The summed E-state index contributed by atoms with van der Waals surface area (Å²) in [5.41, 5.74) is 2.45. The summed E-state index contributed by atoms with van der Waals surface area (Å²) < 4.78 is 18.8. The van der Waals surface area contributed by atoms with Crippen LogP contribution in [0.25, 0.3) is 0 Å². The number of halogens is 1. The molecule has 2 aromatic carbocycles. The van der Waals surface area contributed by atoms with Gasteiger partial charge in [-0.2, -0.15) is 0 Å². The number of nitrogens with one attached hydrogen (secondary N) is 1. The van der Waals surface area contributed by atoms with Crippen LogP contribution in [0.5, 0.6) is 0 Å². The van der Waals surface area contributed by atoms with E-state index in [9.17, 15) is 14.0 Å². The third kappa shape index (κ3) is 4.45. The minimum Gasteiger partial charge on any atom is -0.465 e. The summed E-state index contributed by atoms with van der Waals surface area (Å²) in [7, 11) is 1.31. The van der Waals surface area contributed by atoms with Gasteiger partial charge in [-0.15, -0.1) is 0 Å². The van der Waals surface area contributed by atoms with Crippen molar-refractivity contribution in [2.24, 2.45) is 0 Å². The predicted molar refractivity (Wildman–Crippen MR) is 102 cm³/mol. The van der Waals surface area contributed by atoms with Crippen LogP contribution in [0, 0.1) is 12.7 Å². The Morgan fingerprint density at radius 3 is 2.56 bits per heavy atom. The van der Waals surface area contributed by atoms with Gasteiger partial charge >= 0.3 is 5.97 Å². The third-order valence-electron chi connectivity index (χ3n) is 4.77. The van der Waals surface area contributed by atoms with Crippen molar-refractivity contribution >= 4 is 17.6 Å². The number of amides is 1. The first kappa shape index (κ1) is 18.9. The lowest BCUT2D eigenvalue weighted by molar-refractivity contribution is 0.0600. The molecule has 1 amide bonds. The molecule has 6 heteroatoms. The molecule has 1 saturated heterocycles. The van der Waals surface area contributed by atoms with E-state index in [4.69, 9.17) is 0 Å². The predicted octanol–water partition coefficient (Wildman–Crippen LogP) is 3.32. The lowest BCUT2D eigenvalue weighted by atomic mass is 10.0. The van der Waals surface area contributed by atoms with Gasteiger partial charge in [0.2, 0.25) is 0 Å². The van der Waals surface area contributed by atoms with Crippen molar-refractivity contribution in [3.05, 3.63) is 65.0 Å². The normalized spacial score (nSPS) is 16.7. The minimum absolute atomic E-state index is 0.0635. The maximum atomic E-state index is 14.2. The highest BCUT2D eigenvalue weighted by Crippen LogP contribution is 2.24. The zero-order valence-electron chi connectivity index (χ0n) is 15.5. The Morgan fingerprint density at radius 2 is 1.85 bits per heavy atom. The Kier molecular flexibility index (Phi) is 5.74. The van der Waals surface area contributed by atoms with Crippen LogP contribution >= 0.6 is 0 Å². The molecule has 1 atom stereocenters. The molecule has 0 aliphatic carbocycles. The number of aryl methyl sites for hydroxylation is 1. The molecule has 0 saturated carbocycles. The number of rotatable bonds is 4. The van der Waals surface area contributed by atoms with Crippen LogP contribution in [0.3, 0.4) is 0 Å². The zero-order valence-corrected chi connectivity index (χ0v) is 15.5. The first-order valence-corrected chi connectivity index (χ1v) is 8.98. The quantitative estimate of drug-likeness (QED) is 0.839. The number of anilines is 1. The van der Waals surface area contributed by atoms with E-state index in [0.29, 0.717) is 23.4 Å². The average Bonchev–Trinajstić information content (AvgIpc) is 2.69. The lowest BCUT2D eigenvalue weighted by Crippen LogP contribution is -2.48. The number of carbonyl (C=O) groups is 2. The molecule has 1 aliphatic heterocycles. The second kappa shape index (κ2) is 8.20. The summed E-state index contributed by atoms with van der Waals surface area (Å²) in [5.74, 6) is -0.890. The number of nitrogens with zero attached hydrogens (tertiary/aromatic N) is 1. The Balaban J connectivity index is 1.65. The van der Waals surface area contributed by atoms with Crippen molar-refractivity contribution in [2.75, 3.05) is 25.1 Å². The number of piperidine rings is 1. The molecule has 27 heavy (non-hydrogen) atoms. The van der Waals surface area contributed by atoms with Crippen LogP contribution in [-0.4, -0.2) is 38.1 Å². The number of hydrogen-bond acceptors (Lipinski definition) is 4. The molecule has 0 spiro atoms. The van der Waals surface area contributed by atoms with Crippen LogP contribution in [0.4, 0.5) is 10.1 Å². The summed E-state index contributed by atoms with van der Waals surface area (Å²) in [6.07, 6.45) is 1.72. The smallest absolute Gasteiger partial charge is 0.337 e. The number of benzene rings is 2. The fourth-order valence-corrected chi connectivity index (χ4v) is 3.32. The van der Waals surface area contributed by atoms with E-state index < -0.39 is 5.97 Å². The van der Waals surface area contributed by atoms with Crippen LogP contribution < -0.4 is 10.2 Å². The van der Waals surface area contributed by atoms with Gasteiger partial charge in [-0.1, -0.05) is 6.07 Å². The molecule has 1 unspecified atom stereocenters. The highest BCUT2D eigenvalue weighted by atomic mass is 19.1. The van der Waals surface area contributed by atoms with Gasteiger partial charge in [-0.05, 0) is 61.7 Å². The van der Waals surface area contributed by atoms with E-state index in [1.807, 2.05) is 17.9 Å².